The van der Waals surface area contributed by atoms with Gasteiger partial charge in [-0.05, 0) is 31.5 Å². The maximum atomic E-state index is 13.2. The molecule has 0 spiro atoms. The zero-order chi connectivity index (χ0) is 13.3. The number of aromatic carboxylic acids is 1. The molecule has 1 aromatic carbocycles. The lowest BCUT2D eigenvalue weighted by atomic mass is 10.1. The second kappa shape index (κ2) is 4.60. The number of imidazole rings is 1. The molecule has 1 N–H and O–H groups in total. The maximum Gasteiger partial charge on any atom is 0.338 e. The molecule has 94 valence electrons. The molecule has 2 rings (SSSR count). The Labute approximate surface area is 104 Å². The van der Waals surface area contributed by atoms with Crippen molar-refractivity contribution in [1.82, 2.24) is 9.55 Å². The number of hydrogen-bond donors (Lipinski definition) is 1. The summed E-state index contributed by atoms with van der Waals surface area (Å²) in [6, 6.07) is 4.11. The molecule has 0 fully saturated rings. The van der Waals surface area contributed by atoms with Crippen molar-refractivity contribution in [1.29, 1.82) is 0 Å². The van der Waals surface area contributed by atoms with Gasteiger partial charge in [0.2, 0.25) is 0 Å². The zero-order valence-electron chi connectivity index (χ0n) is 10.1. The van der Waals surface area contributed by atoms with Crippen LogP contribution in [0.5, 0.6) is 0 Å². The van der Waals surface area contributed by atoms with Crippen LogP contribution >= 0.6 is 0 Å². The lowest BCUT2D eigenvalue weighted by Crippen LogP contribution is -2.05. The summed E-state index contributed by atoms with van der Waals surface area (Å²) in [4.78, 5) is 15.0. The fourth-order valence-corrected chi connectivity index (χ4v) is 1.73. The lowest BCUT2D eigenvalue weighted by Gasteiger charge is -2.07. The minimum absolute atomic E-state index is 0.304. The van der Waals surface area contributed by atoms with Crippen LogP contribution in [0.25, 0.3) is 0 Å². The molecule has 0 aliphatic rings. The number of aromatic nitrogens is 2. The molecule has 1 heterocycles. The average molecular weight is 248 g/mol. The van der Waals surface area contributed by atoms with Gasteiger partial charge in [0.15, 0.2) is 0 Å². The predicted molar refractivity (Wildman–Crippen MR) is 64.2 cm³/mol. The van der Waals surface area contributed by atoms with Gasteiger partial charge in [-0.1, -0.05) is 6.07 Å². The minimum Gasteiger partial charge on any atom is -0.478 e. The highest BCUT2D eigenvalue weighted by Crippen LogP contribution is 2.13. The fourth-order valence-electron chi connectivity index (χ4n) is 1.73. The van der Waals surface area contributed by atoms with Crippen molar-refractivity contribution in [2.75, 3.05) is 0 Å². The minimum atomic E-state index is -1.26. The molecule has 1 aromatic heterocycles. The second-order valence-corrected chi connectivity index (χ2v) is 4.16. The Morgan fingerprint density at radius 3 is 2.72 bits per heavy atom. The molecule has 18 heavy (non-hydrogen) atoms. The van der Waals surface area contributed by atoms with Crippen LogP contribution in [0, 0.1) is 19.7 Å². The van der Waals surface area contributed by atoms with E-state index in [9.17, 15) is 9.18 Å². The first-order valence-electron chi connectivity index (χ1n) is 5.49. The molecule has 4 nitrogen and oxygen atoms in total. The number of carboxylic acids is 1. The molecule has 2 aromatic rings. The number of halogens is 1. The van der Waals surface area contributed by atoms with Crippen molar-refractivity contribution in [3.8, 4) is 0 Å². The second-order valence-electron chi connectivity index (χ2n) is 4.16. The predicted octanol–water partition coefficient (Wildman–Crippen LogP) is 2.39. The topological polar surface area (TPSA) is 55.1 Å². The van der Waals surface area contributed by atoms with Crippen LogP contribution in [0.1, 0.15) is 27.3 Å². The van der Waals surface area contributed by atoms with Gasteiger partial charge in [-0.15, -0.1) is 0 Å². The van der Waals surface area contributed by atoms with Gasteiger partial charge < -0.3 is 9.67 Å². The Kier molecular flexibility index (Phi) is 3.14. The molecule has 0 saturated carbocycles. The van der Waals surface area contributed by atoms with Crippen molar-refractivity contribution >= 4 is 5.97 Å². The van der Waals surface area contributed by atoms with Gasteiger partial charge in [0.05, 0.1) is 17.6 Å². The Morgan fingerprint density at radius 1 is 1.44 bits per heavy atom. The quantitative estimate of drug-likeness (QED) is 0.907. The first kappa shape index (κ1) is 12.3. The Morgan fingerprint density at radius 2 is 2.17 bits per heavy atom. The van der Waals surface area contributed by atoms with Gasteiger partial charge in [-0.2, -0.15) is 0 Å². The number of aryl methyl sites for hydroxylation is 1. The Balaban J connectivity index is 2.33. The summed E-state index contributed by atoms with van der Waals surface area (Å²) in [6.45, 7) is 4.32. The highest BCUT2D eigenvalue weighted by molar-refractivity contribution is 5.88. The van der Waals surface area contributed by atoms with Gasteiger partial charge >= 0.3 is 5.97 Å². The smallest absolute Gasteiger partial charge is 0.338 e. The van der Waals surface area contributed by atoms with E-state index in [-0.39, 0.29) is 5.56 Å². The number of rotatable bonds is 3. The van der Waals surface area contributed by atoms with Crippen molar-refractivity contribution < 1.29 is 14.3 Å². The van der Waals surface area contributed by atoms with Crippen LogP contribution in [0.3, 0.4) is 0 Å². The molecule has 0 amide bonds. The van der Waals surface area contributed by atoms with E-state index in [4.69, 9.17) is 5.11 Å². The highest BCUT2D eigenvalue weighted by Gasteiger charge is 2.11. The van der Waals surface area contributed by atoms with Crippen molar-refractivity contribution in [2.24, 2.45) is 0 Å². The molecule has 0 bridgehead atoms. The molecule has 0 aliphatic heterocycles. The van der Waals surface area contributed by atoms with Crippen LogP contribution in [-0.2, 0) is 6.54 Å². The van der Waals surface area contributed by atoms with Gasteiger partial charge in [0, 0.05) is 12.2 Å². The van der Waals surface area contributed by atoms with Gasteiger partial charge in [0.1, 0.15) is 5.82 Å². The van der Waals surface area contributed by atoms with E-state index >= 15 is 0 Å². The lowest BCUT2D eigenvalue weighted by molar-refractivity contribution is 0.0691. The van der Waals surface area contributed by atoms with Crippen LogP contribution in [0.4, 0.5) is 4.39 Å². The summed E-state index contributed by atoms with van der Waals surface area (Å²) in [6.07, 6.45) is 1.69. The van der Waals surface area contributed by atoms with E-state index in [2.05, 4.69) is 4.98 Å². The molecule has 0 aliphatic carbocycles. The van der Waals surface area contributed by atoms with E-state index in [0.717, 1.165) is 17.0 Å². The molecule has 0 atom stereocenters. The summed E-state index contributed by atoms with van der Waals surface area (Å²) in [5, 5.41) is 8.86. The summed E-state index contributed by atoms with van der Waals surface area (Å²) in [7, 11) is 0. The highest BCUT2D eigenvalue weighted by atomic mass is 19.1. The third-order valence-corrected chi connectivity index (χ3v) is 2.96. The molecule has 0 unspecified atom stereocenters. The molecular formula is C13H13FN2O2. The normalized spacial score (nSPS) is 10.6. The largest absolute Gasteiger partial charge is 0.478 e. The Bertz CT molecular complexity index is 605. The van der Waals surface area contributed by atoms with Gasteiger partial charge in [-0.25, -0.2) is 14.2 Å². The summed E-state index contributed by atoms with van der Waals surface area (Å²) in [5.74, 6) is -1.97. The van der Waals surface area contributed by atoms with Gasteiger partial charge in [0.25, 0.3) is 0 Å². The number of nitrogens with zero attached hydrogens (tertiary/aromatic N) is 2. The molecule has 0 saturated heterocycles. The van der Waals surface area contributed by atoms with E-state index in [1.54, 1.807) is 12.4 Å². The van der Waals surface area contributed by atoms with Crippen LogP contribution in [0.2, 0.25) is 0 Å². The van der Waals surface area contributed by atoms with E-state index in [1.165, 1.54) is 12.1 Å². The monoisotopic (exact) mass is 248 g/mol. The fraction of sp³-hybridized carbons (Fsp3) is 0.231. The third kappa shape index (κ3) is 2.25. The number of benzene rings is 1. The van der Waals surface area contributed by atoms with E-state index in [0.29, 0.717) is 6.54 Å². The van der Waals surface area contributed by atoms with Crippen molar-refractivity contribution in [3.05, 3.63) is 52.9 Å². The van der Waals surface area contributed by atoms with Crippen LogP contribution in [-0.4, -0.2) is 20.6 Å². The standard InChI is InChI=1S/C13H13FN2O2/c1-8-9(2)16(7-15-8)6-10-3-4-12(14)11(5-10)13(17)18/h3-5,7H,6H2,1-2H3,(H,17,18). The molecular weight excluding hydrogens is 235 g/mol. The first-order valence-corrected chi connectivity index (χ1v) is 5.49. The van der Waals surface area contributed by atoms with Crippen molar-refractivity contribution in [3.63, 3.8) is 0 Å². The van der Waals surface area contributed by atoms with E-state index in [1.807, 2.05) is 18.4 Å². The summed E-state index contributed by atoms with van der Waals surface area (Å²) in [5.41, 5.74) is 2.36. The molecule has 5 heteroatoms. The van der Waals surface area contributed by atoms with Crippen molar-refractivity contribution in [2.45, 2.75) is 20.4 Å². The number of carboxylic acid groups (broad SMARTS) is 1. The maximum absolute atomic E-state index is 13.2. The first-order chi connectivity index (χ1) is 8.49. The van der Waals surface area contributed by atoms with E-state index < -0.39 is 11.8 Å². The summed E-state index contributed by atoms with van der Waals surface area (Å²) < 4.78 is 15.1. The average Bonchev–Trinajstić information content (AvgIpc) is 2.63. The number of carbonyl (C=O) groups is 1. The van der Waals surface area contributed by atoms with Gasteiger partial charge in [-0.3, -0.25) is 0 Å². The SMILES string of the molecule is Cc1ncn(Cc2ccc(F)c(C(=O)O)c2)c1C. The third-order valence-electron chi connectivity index (χ3n) is 2.96. The Hall–Kier alpha value is -2.17. The molecule has 0 radical (unpaired) electrons. The number of hydrogen-bond acceptors (Lipinski definition) is 2. The summed E-state index contributed by atoms with van der Waals surface area (Å²) >= 11 is 0. The van der Waals surface area contributed by atoms with Crippen LogP contribution in [0.15, 0.2) is 24.5 Å². The zero-order valence-corrected chi connectivity index (χ0v) is 10.1. The van der Waals surface area contributed by atoms with Crippen LogP contribution < -0.4 is 0 Å².